The van der Waals surface area contributed by atoms with Gasteiger partial charge >= 0.3 is 0 Å². The van der Waals surface area contributed by atoms with Crippen LogP contribution in [0.4, 0.5) is 0 Å². The number of oxime groups is 1. The molecule has 0 aliphatic heterocycles. The van der Waals surface area contributed by atoms with Crippen molar-refractivity contribution in [1.82, 2.24) is 0 Å². The first-order valence-electron chi connectivity index (χ1n) is 13.4. The third-order valence-electron chi connectivity index (χ3n) is 10.9. The maximum absolute atomic E-state index is 5.13. The van der Waals surface area contributed by atoms with Crippen LogP contribution in [0.25, 0.3) is 0 Å². The van der Waals surface area contributed by atoms with Crippen molar-refractivity contribution in [3.8, 4) is 0 Å². The van der Waals surface area contributed by atoms with Crippen LogP contribution in [0.5, 0.6) is 0 Å². The summed E-state index contributed by atoms with van der Waals surface area (Å²) in [5.74, 6) is 6.57. The van der Waals surface area contributed by atoms with Gasteiger partial charge in [0.1, 0.15) is 7.11 Å². The Hall–Kier alpha value is -0.530. The molecule has 8 atom stereocenters. The molecule has 0 aromatic heterocycles. The van der Waals surface area contributed by atoms with E-state index in [1.807, 2.05) is 0 Å². The summed E-state index contributed by atoms with van der Waals surface area (Å²) in [5, 5.41) is 4.36. The van der Waals surface area contributed by atoms with Crippen LogP contribution in [0.15, 0.2) is 5.16 Å². The number of rotatable bonds is 6. The van der Waals surface area contributed by atoms with Crippen LogP contribution in [-0.2, 0) is 4.84 Å². The lowest BCUT2D eigenvalue weighted by Crippen LogP contribution is -2.53. The Labute approximate surface area is 187 Å². The summed E-state index contributed by atoms with van der Waals surface area (Å²) in [7, 11) is 1.71. The molecule has 0 spiro atoms. The topological polar surface area (TPSA) is 21.6 Å². The zero-order valence-corrected chi connectivity index (χ0v) is 20.9. The molecular weight excluding hydrogens is 366 g/mol. The van der Waals surface area contributed by atoms with Gasteiger partial charge in [-0.2, -0.15) is 0 Å². The van der Waals surface area contributed by atoms with Gasteiger partial charge in [0.05, 0.1) is 5.71 Å². The van der Waals surface area contributed by atoms with Crippen LogP contribution in [0.2, 0.25) is 0 Å². The standard InChI is InChI=1S/C28H49NO/c1-19(2)8-7-9-20(3)24-12-13-25-23-11-10-21-18-22(29-30-6)14-16-27(21,4)26(23)15-17-28(24,25)5/h19-21,23-26H,7-18H2,1-6H3/b29-22+/t20-,21+,23+,24-,25+,26+,27+,28-/m1/s1. The van der Waals surface area contributed by atoms with Crippen LogP contribution in [0.1, 0.15) is 112 Å². The van der Waals surface area contributed by atoms with Crippen LogP contribution >= 0.6 is 0 Å². The summed E-state index contributed by atoms with van der Waals surface area (Å²) >= 11 is 0. The van der Waals surface area contributed by atoms with Crippen molar-refractivity contribution in [2.45, 2.75) is 112 Å². The molecule has 0 aromatic rings. The normalized spacial score (nSPS) is 45.7. The Morgan fingerprint density at radius 3 is 2.43 bits per heavy atom. The van der Waals surface area contributed by atoms with Crippen molar-refractivity contribution >= 4 is 5.71 Å². The Bertz CT molecular complexity index is 626. The Balaban J connectivity index is 1.45. The molecule has 2 heteroatoms. The van der Waals surface area contributed by atoms with Gasteiger partial charge in [-0.15, -0.1) is 0 Å². The highest BCUT2D eigenvalue weighted by Crippen LogP contribution is 2.68. The second-order valence-electron chi connectivity index (χ2n) is 12.7. The highest BCUT2D eigenvalue weighted by atomic mass is 16.6. The molecule has 0 heterocycles. The fourth-order valence-corrected chi connectivity index (χ4v) is 9.30. The summed E-state index contributed by atoms with van der Waals surface area (Å²) in [6.45, 7) is 12.8. The SMILES string of the molecule is CO/N=C1\CC[C@@]2(C)[C@@H](CC[C@@H]3[C@@H]2CC[C@]2(C)[C@@H]([C@H](C)CCCC(C)C)CC[C@@H]32)C1. The average Bonchev–Trinajstić information content (AvgIpc) is 3.05. The lowest BCUT2D eigenvalue weighted by molar-refractivity contribution is -0.105. The first kappa shape index (κ1) is 22.7. The van der Waals surface area contributed by atoms with E-state index in [9.17, 15) is 0 Å². The van der Waals surface area contributed by atoms with Gasteiger partial charge < -0.3 is 4.84 Å². The molecule has 4 aliphatic rings. The summed E-state index contributed by atoms with van der Waals surface area (Å²) in [4.78, 5) is 5.13. The van der Waals surface area contributed by atoms with E-state index in [4.69, 9.17) is 4.84 Å². The Kier molecular flexibility index (Phi) is 6.63. The van der Waals surface area contributed by atoms with E-state index < -0.39 is 0 Å². The zero-order valence-electron chi connectivity index (χ0n) is 20.9. The number of hydrogen-bond donors (Lipinski definition) is 0. The molecule has 4 fully saturated rings. The van der Waals surface area contributed by atoms with Crippen molar-refractivity contribution in [3.63, 3.8) is 0 Å². The monoisotopic (exact) mass is 415 g/mol. The quantitative estimate of drug-likeness (QED) is 0.401. The second kappa shape index (κ2) is 8.78. The molecule has 0 radical (unpaired) electrons. The molecule has 0 unspecified atom stereocenters. The lowest BCUT2D eigenvalue weighted by atomic mass is 9.44. The van der Waals surface area contributed by atoms with Crippen LogP contribution in [0, 0.1) is 52.3 Å². The third-order valence-corrected chi connectivity index (χ3v) is 10.9. The predicted octanol–water partition coefficient (Wildman–Crippen LogP) is 8.11. The molecular formula is C28H49NO. The van der Waals surface area contributed by atoms with E-state index in [0.29, 0.717) is 10.8 Å². The highest BCUT2D eigenvalue weighted by molar-refractivity contribution is 5.85. The molecule has 0 amide bonds. The van der Waals surface area contributed by atoms with E-state index in [2.05, 4.69) is 39.8 Å². The fourth-order valence-electron chi connectivity index (χ4n) is 9.30. The molecule has 0 aromatic carbocycles. The van der Waals surface area contributed by atoms with Gasteiger partial charge in [0.15, 0.2) is 0 Å². The molecule has 0 N–H and O–H groups in total. The van der Waals surface area contributed by atoms with Gasteiger partial charge in [0, 0.05) is 0 Å². The van der Waals surface area contributed by atoms with E-state index in [1.165, 1.54) is 82.8 Å². The van der Waals surface area contributed by atoms with Gasteiger partial charge in [-0.3, -0.25) is 0 Å². The Morgan fingerprint density at radius 1 is 0.933 bits per heavy atom. The minimum absolute atomic E-state index is 0.554. The molecule has 172 valence electrons. The molecule has 2 nitrogen and oxygen atoms in total. The van der Waals surface area contributed by atoms with Crippen molar-refractivity contribution in [1.29, 1.82) is 0 Å². The van der Waals surface area contributed by atoms with Gasteiger partial charge in [-0.25, -0.2) is 0 Å². The lowest BCUT2D eigenvalue weighted by Gasteiger charge is -2.60. The van der Waals surface area contributed by atoms with Gasteiger partial charge in [-0.05, 0) is 110 Å². The van der Waals surface area contributed by atoms with Crippen LogP contribution in [0.3, 0.4) is 0 Å². The maximum Gasteiger partial charge on any atom is 0.106 e. The maximum atomic E-state index is 5.13. The van der Waals surface area contributed by atoms with E-state index >= 15 is 0 Å². The molecule has 0 saturated heterocycles. The average molecular weight is 416 g/mol. The number of nitrogens with zero attached hydrogens (tertiary/aromatic N) is 1. The summed E-state index contributed by atoms with van der Waals surface area (Å²) < 4.78 is 0. The molecule has 4 saturated carbocycles. The van der Waals surface area contributed by atoms with Gasteiger partial charge in [0.2, 0.25) is 0 Å². The van der Waals surface area contributed by atoms with Crippen LogP contribution < -0.4 is 0 Å². The van der Waals surface area contributed by atoms with Crippen molar-refractivity contribution in [2.24, 2.45) is 57.4 Å². The number of fused-ring (bicyclic) bond motifs is 5. The number of hydrogen-bond acceptors (Lipinski definition) is 2. The van der Waals surface area contributed by atoms with E-state index in [1.54, 1.807) is 7.11 Å². The smallest absolute Gasteiger partial charge is 0.106 e. The highest BCUT2D eigenvalue weighted by Gasteiger charge is 2.60. The van der Waals surface area contributed by atoms with Gasteiger partial charge in [-0.1, -0.05) is 59.0 Å². The molecule has 4 aliphatic carbocycles. The fraction of sp³-hybridized carbons (Fsp3) is 0.964. The van der Waals surface area contributed by atoms with Gasteiger partial charge in [0.25, 0.3) is 0 Å². The van der Waals surface area contributed by atoms with Crippen molar-refractivity contribution in [3.05, 3.63) is 0 Å². The van der Waals surface area contributed by atoms with E-state index in [-0.39, 0.29) is 0 Å². The molecule has 4 rings (SSSR count). The second-order valence-corrected chi connectivity index (χ2v) is 12.7. The van der Waals surface area contributed by atoms with E-state index in [0.717, 1.165) is 41.4 Å². The predicted molar refractivity (Wildman–Crippen MR) is 128 cm³/mol. The van der Waals surface area contributed by atoms with Crippen LogP contribution in [-0.4, -0.2) is 12.8 Å². The van der Waals surface area contributed by atoms with Crippen molar-refractivity contribution < 1.29 is 4.84 Å². The Morgan fingerprint density at radius 2 is 1.70 bits per heavy atom. The summed E-state index contributed by atoms with van der Waals surface area (Å²) in [5.41, 5.74) is 2.51. The zero-order chi connectivity index (χ0) is 21.5. The minimum atomic E-state index is 0.554. The van der Waals surface area contributed by atoms with Crippen molar-refractivity contribution in [2.75, 3.05) is 7.11 Å². The summed E-state index contributed by atoms with van der Waals surface area (Å²) in [6.07, 6.45) is 17.0. The molecule has 30 heavy (non-hydrogen) atoms. The largest absolute Gasteiger partial charge is 0.399 e. The molecule has 0 bridgehead atoms. The summed E-state index contributed by atoms with van der Waals surface area (Å²) in [6, 6.07) is 0. The third kappa shape index (κ3) is 3.88. The minimum Gasteiger partial charge on any atom is -0.399 e. The first-order chi connectivity index (χ1) is 14.3. The first-order valence-corrected chi connectivity index (χ1v) is 13.4.